The maximum Gasteiger partial charge on any atom is 0.233 e. The summed E-state index contributed by atoms with van der Waals surface area (Å²) in [5.74, 6) is 0.609. The number of carbonyl (C=O) groups is 2. The molecule has 0 spiro atoms. The molecule has 1 amide bonds. The predicted molar refractivity (Wildman–Crippen MR) is 136 cm³/mol. The van der Waals surface area contributed by atoms with Crippen LogP contribution in [0.15, 0.2) is 49.1 Å². The lowest BCUT2D eigenvalue weighted by molar-refractivity contribution is -0.147. The minimum absolute atomic E-state index is 0.0944. The summed E-state index contributed by atoms with van der Waals surface area (Å²) in [5, 5.41) is 23.6. The molecule has 5 heterocycles. The van der Waals surface area contributed by atoms with E-state index in [1.165, 1.54) is 4.52 Å². The van der Waals surface area contributed by atoms with Crippen LogP contribution in [0.4, 0.5) is 5.82 Å². The minimum Gasteiger partial charge on any atom is -0.395 e. The Morgan fingerprint density at radius 1 is 1.16 bits per heavy atom. The van der Waals surface area contributed by atoms with Crippen molar-refractivity contribution in [2.75, 3.05) is 32.0 Å². The molecule has 1 fully saturated rings. The van der Waals surface area contributed by atoms with Crippen molar-refractivity contribution in [3.63, 3.8) is 0 Å². The van der Waals surface area contributed by atoms with Crippen LogP contribution in [0.1, 0.15) is 41.7 Å². The average molecular weight is 504 g/mol. The van der Waals surface area contributed by atoms with E-state index in [1.807, 2.05) is 41.2 Å². The number of aliphatic hydroxyl groups is 2. The number of nitrogens with zero attached hydrogens (tertiary/aromatic N) is 6. The van der Waals surface area contributed by atoms with Gasteiger partial charge in [-0.25, -0.2) is 9.97 Å². The number of hydrogen-bond donors (Lipinski definition) is 3. The highest BCUT2D eigenvalue weighted by atomic mass is 16.3. The summed E-state index contributed by atoms with van der Waals surface area (Å²) >= 11 is 0. The van der Waals surface area contributed by atoms with E-state index < -0.39 is 18.6 Å². The maximum absolute atomic E-state index is 12.8. The number of hydrogen-bond acceptors (Lipinski definition) is 8. The van der Waals surface area contributed by atoms with Gasteiger partial charge in [-0.2, -0.15) is 9.61 Å². The molecule has 0 atom stereocenters. The Morgan fingerprint density at radius 3 is 2.46 bits per heavy atom. The highest BCUT2D eigenvalue weighted by Crippen LogP contribution is 2.34. The molecule has 192 valence electrons. The molecule has 0 aliphatic carbocycles. The molecule has 0 aromatic carbocycles. The zero-order chi connectivity index (χ0) is 26.2. The molecule has 0 unspecified atom stereocenters. The lowest BCUT2D eigenvalue weighted by Gasteiger charge is -2.37. The van der Waals surface area contributed by atoms with E-state index in [0.29, 0.717) is 49.1 Å². The van der Waals surface area contributed by atoms with E-state index in [9.17, 15) is 19.8 Å². The quantitative estimate of drug-likeness (QED) is 0.322. The largest absolute Gasteiger partial charge is 0.395 e. The second kappa shape index (κ2) is 9.75. The smallest absolute Gasteiger partial charge is 0.233 e. The van der Waals surface area contributed by atoms with E-state index in [0.717, 1.165) is 16.9 Å². The van der Waals surface area contributed by atoms with Crippen molar-refractivity contribution in [2.24, 2.45) is 5.41 Å². The van der Waals surface area contributed by atoms with E-state index in [-0.39, 0.29) is 17.6 Å². The number of anilines is 1. The number of piperidine rings is 1. The Morgan fingerprint density at radius 2 is 1.86 bits per heavy atom. The van der Waals surface area contributed by atoms with Gasteiger partial charge in [-0.15, -0.1) is 0 Å². The molecule has 4 N–H and O–H groups in total. The number of nitrogen functional groups attached to an aromatic ring is 1. The number of aldehydes is 1. The number of fused-ring (bicyclic) bond motifs is 1. The fourth-order valence-corrected chi connectivity index (χ4v) is 4.79. The van der Waals surface area contributed by atoms with Crippen LogP contribution in [0, 0.1) is 5.41 Å². The molecule has 11 heteroatoms. The molecule has 4 aromatic rings. The zero-order valence-electron chi connectivity index (χ0n) is 20.5. The SMILES string of the molecule is CC(CO)(CO)C(=O)N1CCC(c2nc3c(-c4ccc(-n5cccc5)nc4)cnn3c(N)c2C=O)CC1. The third kappa shape index (κ3) is 4.25. The highest BCUT2D eigenvalue weighted by molar-refractivity contribution is 5.87. The van der Waals surface area contributed by atoms with E-state index in [2.05, 4.69) is 10.1 Å². The molecule has 37 heavy (non-hydrogen) atoms. The number of aliphatic hydroxyl groups excluding tert-OH is 2. The van der Waals surface area contributed by atoms with Crippen LogP contribution in [0.5, 0.6) is 0 Å². The first-order valence-electron chi connectivity index (χ1n) is 12.1. The summed E-state index contributed by atoms with van der Waals surface area (Å²) in [6.07, 6.45) is 9.09. The number of nitrogens with two attached hydrogens (primary N) is 1. The Balaban J connectivity index is 1.45. The lowest BCUT2D eigenvalue weighted by atomic mass is 9.87. The Labute approximate surface area is 213 Å². The Kier molecular flexibility index (Phi) is 6.48. The molecule has 1 aliphatic rings. The molecule has 0 radical (unpaired) electrons. The van der Waals surface area contributed by atoms with Crippen LogP contribution in [0.2, 0.25) is 0 Å². The van der Waals surface area contributed by atoms with Gasteiger partial charge < -0.3 is 25.4 Å². The van der Waals surface area contributed by atoms with Crippen molar-refractivity contribution in [3.8, 4) is 16.9 Å². The maximum atomic E-state index is 12.8. The first kappa shape index (κ1) is 24.6. The van der Waals surface area contributed by atoms with Crippen LogP contribution >= 0.6 is 0 Å². The van der Waals surface area contributed by atoms with Crippen molar-refractivity contribution in [1.82, 2.24) is 29.0 Å². The average Bonchev–Trinajstić information content (AvgIpc) is 3.63. The van der Waals surface area contributed by atoms with Crippen LogP contribution in [-0.2, 0) is 4.79 Å². The van der Waals surface area contributed by atoms with Crippen molar-refractivity contribution >= 4 is 23.7 Å². The van der Waals surface area contributed by atoms with Crippen molar-refractivity contribution in [3.05, 3.63) is 60.3 Å². The van der Waals surface area contributed by atoms with Gasteiger partial charge in [0.2, 0.25) is 5.91 Å². The van der Waals surface area contributed by atoms with Crippen LogP contribution in [0.3, 0.4) is 0 Å². The zero-order valence-corrected chi connectivity index (χ0v) is 20.5. The van der Waals surface area contributed by atoms with Gasteiger partial charge in [0.25, 0.3) is 0 Å². The molecular weight excluding hydrogens is 474 g/mol. The fraction of sp³-hybridized carbons (Fsp3) is 0.346. The number of amides is 1. The number of pyridine rings is 1. The third-order valence-electron chi connectivity index (χ3n) is 7.18. The van der Waals surface area contributed by atoms with Crippen molar-refractivity contribution in [1.29, 1.82) is 0 Å². The molecule has 0 bridgehead atoms. The number of aromatic nitrogens is 5. The molecule has 1 aliphatic heterocycles. The van der Waals surface area contributed by atoms with Gasteiger partial charge in [0.05, 0.1) is 36.1 Å². The van der Waals surface area contributed by atoms with E-state index in [4.69, 9.17) is 10.7 Å². The number of likely N-dealkylation sites (tertiary alicyclic amines) is 1. The van der Waals surface area contributed by atoms with Crippen molar-refractivity contribution < 1.29 is 19.8 Å². The predicted octanol–water partition coefficient (Wildman–Crippen LogP) is 1.67. The van der Waals surface area contributed by atoms with Gasteiger partial charge >= 0.3 is 0 Å². The Hall–Kier alpha value is -4.09. The Bertz CT molecular complexity index is 1420. The summed E-state index contributed by atoms with van der Waals surface area (Å²) < 4.78 is 3.38. The fourth-order valence-electron chi connectivity index (χ4n) is 4.79. The molecule has 11 nitrogen and oxygen atoms in total. The van der Waals surface area contributed by atoms with E-state index >= 15 is 0 Å². The second-order valence-corrected chi connectivity index (χ2v) is 9.65. The summed E-state index contributed by atoms with van der Waals surface area (Å²) in [5.41, 5.74) is 8.11. The molecular formula is C26H29N7O4. The van der Waals surface area contributed by atoms with Gasteiger partial charge in [0.1, 0.15) is 11.6 Å². The lowest BCUT2D eigenvalue weighted by Crippen LogP contribution is -2.49. The summed E-state index contributed by atoms with van der Waals surface area (Å²) in [4.78, 5) is 35.9. The first-order valence-corrected chi connectivity index (χ1v) is 12.1. The van der Waals surface area contributed by atoms with Crippen LogP contribution < -0.4 is 5.73 Å². The monoisotopic (exact) mass is 503 g/mol. The van der Waals surface area contributed by atoms with Gasteiger partial charge in [0, 0.05) is 48.7 Å². The molecule has 4 aromatic heterocycles. The standard InChI is InChI=1S/C26H29N7O4/c1-26(15-35,16-36)25(37)32-10-6-17(7-11-32)22-20(14-34)23(27)33-24(30-22)19(13-29-33)18-4-5-21(28-12-18)31-8-2-3-9-31/h2-5,8-9,12-14,17,35-36H,6-7,10-11,15-16,27H2,1H3. The van der Waals surface area contributed by atoms with Crippen molar-refractivity contribution in [2.45, 2.75) is 25.7 Å². The molecule has 1 saturated heterocycles. The molecule has 5 rings (SSSR count). The topological polar surface area (TPSA) is 152 Å². The minimum atomic E-state index is -1.22. The third-order valence-corrected chi connectivity index (χ3v) is 7.18. The summed E-state index contributed by atoms with van der Waals surface area (Å²) in [6, 6.07) is 7.70. The summed E-state index contributed by atoms with van der Waals surface area (Å²) in [6.45, 7) is 1.51. The highest BCUT2D eigenvalue weighted by Gasteiger charge is 2.38. The van der Waals surface area contributed by atoms with Gasteiger partial charge in [-0.05, 0) is 44.0 Å². The van der Waals surface area contributed by atoms with Crippen LogP contribution in [0.25, 0.3) is 22.6 Å². The van der Waals surface area contributed by atoms with Gasteiger partial charge in [-0.1, -0.05) is 0 Å². The second-order valence-electron chi connectivity index (χ2n) is 9.65. The van der Waals surface area contributed by atoms with Gasteiger partial charge in [0.15, 0.2) is 11.9 Å². The normalized spacial score (nSPS) is 14.8. The number of rotatable bonds is 7. The van der Waals surface area contributed by atoms with Crippen LogP contribution in [-0.4, -0.2) is 77.8 Å². The first-order chi connectivity index (χ1) is 17.9. The number of carbonyl (C=O) groups excluding carboxylic acids is 2. The van der Waals surface area contributed by atoms with Gasteiger partial charge in [-0.3, -0.25) is 9.59 Å². The van der Waals surface area contributed by atoms with E-state index in [1.54, 1.807) is 24.2 Å². The molecule has 0 saturated carbocycles. The summed E-state index contributed by atoms with van der Waals surface area (Å²) in [7, 11) is 0.